The lowest BCUT2D eigenvalue weighted by molar-refractivity contribution is -0.137. The van der Waals surface area contributed by atoms with E-state index in [-0.39, 0.29) is 12.0 Å². The van der Waals surface area contributed by atoms with E-state index < -0.39 is 17.3 Å². The van der Waals surface area contributed by atoms with Crippen LogP contribution in [0.4, 0.5) is 13.2 Å². The van der Waals surface area contributed by atoms with Gasteiger partial charge in [-0.25, -0.2) is 0 Å². The normalized spacial score (nSPS) is 13.8. The Morgan fingerprint density at radius 2 is 1.43 bits per heavy atom. The highest BCUT2D eigenvalue weighted by atomic mass is 19.4. The topological polar surface area (TPSA) is 29.5 Å². The minimum atomic E-state index is -4.46. The van der Waals surface area contributed by atoms with Crippen LogP contribution in [0.25, 0.3) is 0 Å². The summed E-state index contributed by atoms with van der Waals surface area (Å²) < 4.78 is 44.9. The molecule has 0 aliphatic heterocycles. The van der Waals surface area contributed by atoms with E-state index in [0.29, 0.717) is 17.9 Å². The van der Waals surface area contributed by atoms with Gasteiger partial charge in [0.05, 0.1) is 5.56 Å². The minimum Gasteiger partial charge on any atom is -0.489 e. The van der Waals surface area contributed by atoms with E-state index in [1.54, 1.807) is 31.2 Å². The molecule has 0 radical (unpaired) electrons. The van der Waals surface area contributed by atoms with Crippen LogP contribution in [-0.2, 0) is 18.4 Å². The molecule has 0 heterocycles. The Morgan fingerprint density at radius 1 is 0.786 bits per heavy atom. The SMILES string of the molecule is CCC(O)(c1ccc(OCc2ccccc2)cc1)c1cccc(C(F)(F)F)c1. The van der Waals surface area contributed by atoms with Crippen molar-refractivity contribution in [3.8, 4) is 5.75 Å². The molecule has 2 nitrogen and oxygen atoms in total. The zero-order valence-corrected chi connectivity index (χ0v) is 15.4. The Labute approximate surface area is 162 Å². The maximum atomic E-state index is 13.0. The quantitative estimate of drug-likeness (QED) is 0.569. The molecule has 0 spiro atoms. The molecule has 3 rings (SSSR count). The van der Waals surface area contributed by atoms with Crippen molar-refractivity contribution in [2.75, 3.05) is 0 Å². The largest absolute Gasteiger partial charge is 0.489 e. The zero-order valence-electron chi connectivity index (χ0n) is 15.4. The van der Waals surface area contributed by atoms with Crippen molar-refractivity contribution in [2.45, 2.75) is 31.7 Å². The van der Waals surface area contributed by atoms with Crippen molar-refractivity contribution in [2.24, 2.45) is 0 Å². The van der Waals surface area contributed by atoms with Gasteiger partial charge in [0.25, 0.3) is 0 Å². The summed E-state index contributed by atoms with van der Waals surface area (Å²) in [6.07, 6.45) is -4.22. The summed E-state index contributed by atoms with van der Waals surface area (Å²) >= 11 is 0. The predicted molar refractivity (Wildman–Crippen MR) is 102 cm³/mol. The molecular weight excluding hydrogens is 365 g/mol. The molecule has 0 aliphatic rings. The molecule has 0 amide bonds. The molecule has 0 saturated heterocycles. The maximum absolute atomic E-state index is 13.0. The van der Waals surface area contributed by atoms with E-state index in [1.807, 2.05) is 30.3 Å². The third-order valence-electron chi connectivity index (χ3n) is 4.76. The third-order valence-corrected chi connectivity index (χ3v) is 4.76. The van der Waals surface area contributed by atoms with Crippen LogP contribution in [0.15, 0.2) is 78.9 Å². The van der Waals surface area contributed by atoms with E-state index >= 15 is 0 Å². The number of hydrogen-bond donors (Lipinski definition) is 1. The fraction of sp³-hybridized carbons (Fsp3) is 0.217. The van der Waals surface area contributed by atoms with Gasteiger partial charge in [-0.2, -0.15) is 13.2 Å². The molecule has 0 bridgehead atoms. The van der Waals surface area contributed by atoms with Crippen LogP contribution < -0.4 is 4.74 Å². The number of rotatable bonds is 6. The summed E-state index contributed by atoms with van der Waals surface area (Å²) in [7, 11) is 0. The smallest absolute Gasteiger partial charge is 0.416 e. The van der Waals surface area contributed by atoms with Gasteiger partial charge in [-0.15, -0.1) is 0 Å². The number of alkyl halides is 3. The Bertz CT molecular complexity index is 905. The highest BCUT2D eigenvalue weighted by Gasteiger charge is 2.34. The van der Waals surface area contributed by atoms with Gasteiger partial charge in [-0.05, 0) is 47.4 Å². The molecule has 3 aromatic rings. The van der Waals surface area contributed by atoms with Gasteiger partial charge in [-0.1, -0.05) is 61.5 Å². The average molecular weight is 386 g/mol. The summed E-state index contributed by atoms with van der Waals surface area (Å²) in [4.78, 5) is 0. The molecule has 5 heteroatoms. The standard InChI is InChI=1S/C23H21F3O2/c1-2-22(27,19-9-6-10-20(15-19)23(24,25)26)18-11-13-21(14-12-18)28-16-17-7-4-3-5-8-17/h3-15,27H,2,16H2,1H3. The Kier molecular flexibility index (Phi) is 5.75. The summed E-state index contributed by atoms with van der Waals surface area (Å²) in [5, 5.41) is 11.1. The van der Waals surface area contributed by atoms with Gasteiger partial charge >= 0.3 is 6.18 Å². The van der Waals surface area contributed by atoms with Gasteiger partial charge < -0.3 is 9.84 Å². The van der Waals surface area contributed by atoms with E-state index in [1.165, 1.54) is 12.1 Å². The Balaban J connectivity index is 1.82. The van der Waals surface area contributed by atoms with E-state index in [9.17, 15) is 18.3 Å². The second-order valence-corrected chi connectivity index (χ2v) is 6.59. The molecule has 0 saturated carbocycles. The van der Waals surface area contributed by atoms with Crippen LogP contribution in [0, 0.1) is 0 Å². The van der Waals surface area contributed by atoms with Gasteiger partial charge in [0.1, 0.15) is 18.0 Å². The summed E-state index contributed by atoms with van der Waals surface area (Å²) in [6.45, 7) is 2.14. The average Bonchev–Trinajstić information content (AvgIpc) is 2.72. The van der Waals surface area contributed by atoms with Gasteiger partial charge in [0.15, 0.2) is 0 Å². The molecule has 146 valence electrons. The summed E-state index contributed by atoms with van der Waals surface area (Å²) in [5.41, 5.74) is -0.538. The van der Waals surface area contributed by atoms with Crippen LogP contribution in [0.3, 0.4) is 0 Å². The molecule has 1 atom stereocenters. The second-order valence-electron chi connectivity index (χ2n) is 6.59. The molecule has 3 aromatic carbocycles. The molecule has 28 heavy (non-hydrogen) atoms. The van der Waals surface area contributed by atoms with Crippen LogP contribution in [0.5, 0.6) is 5.75 Å². The Morgan fingerprint density at radius 3 is 2.04 bits per heavy atom. The number of ether oxygens (including phenoxy) is 1. The lowest BCUT2D eigenvalue weighted by Gasteiger charge is -2.29. The zero-order chi connectivity index (χ0) is 20.2. The third kappa shape index (κ3) is 4.37. The fourth-order valence-electron chi connectivity index (χ4n) is 3.10. The van der Waals surface area contributed by atoms with Crippen LogP contribution >= 0.6 is 0 Å². The lowest BCUT2D eigenvalue weighted by Crippen LogP contribution is -2.26. The number of aliphatic hydroxyl groups is 1. The maximum Gasteiger partial charge on any atom is 0.416 e. The van der Waals surface area contributed by atoms with E-state index in [0.717, 1.165) is 17.7 Å². The van der Waals surface area contributed by atoms with Crippen LogP contribution in [0.2, 0.25) is 0 Å². The monoisotopic (exact) mass is 386 g/mol. The summed E-state index contributed by atoms with van der Waals surface area (Å²) in [5.74, 6) is 0.620. The second kappa shape index (κ2) is 8.07. The van der Waals surface area contributed by atoms with Crippen molar-refractivity contribution >= 4 is 0 Å². The summed E-state index contributed by atoms with van der Waals surface area (Å²) in [6, 6.07) is 21.3. The fourth-order valence-corrected chi connectivity index (χ4v) is 3.10. The molecule has 1 N–H and O–H groups in total. The number of hydrogen-bond acceptors (Lipinski definition) is 2. The molecule has 0 fully saturated rings. The van der Waals surface area contributed by atoms with Crippen molar-refractivity contribution in [3.63, 3.8) is 0 Å². The van der Waals surface area contributed by atoms with Gasteiger partial charge in [-0.3, -0.25) is 0 Å². The van der Waals surface area contributed by atoms with E-state index in [4.69, 9.17) is 4.74 Å². The van der Waals surface area contributed by atoms with Crippen molar-refractivity contribution in [1.29, 1.82) is 0 Å². The first-order chi connectivity index (χ1) is 13.3. The van der Waals surface area contributed by atoms with Gasteiger partial charge in [0.2, 0.25) is 0 Å². The van der Waals surface area contributed by atoms with Crippen molar-refractivity contribution in [1.82, 2.24) is 0 Å². The molecule has 0 aromatic heterocycles. The van der Waals surface area contributed by atoms with E-state index in [2.05, 4.69) is 0 Å². The molecule has 1 unspecified atom stereocenters. The first-order valence-corrected chi connectivity index (χ1v) is 9.00. The highest BCUT2D eigenvalue weighted by molar-refractivity contribution is 5.40. The van der Waals surface area contributed by atoms with Crippen molar-refractivity contribution < 1.29 is 23.0 Å². The van der Waals surface area contributed by atoms with Crippen LogP contribution in [0.1, 0.15) is 35.6 Å². The first kappa shape index (κ1) is 20.0. The molecule has 0 aliphatic carbocycles. The lowest BCUT2D eigenvalue weighted by atomic mass is 9.83. The van der Waals surface area contributed by atoms with Crippen LogP contribution in [-0.4, -0.2) is 5.11 Å². The van der Waals surface area contributed by atoms with Crippen molar-refractivity contribution in [3.05, 3.63) is 101 Å². The predicted octanol–water partition coefficient (Wildman–Crippen LogP) is 5.93. The Hall–Kier alpha value is -2.79. The number of halogens is 3. The molecular formula is C23H21F3O2. The minimum absolute atomic E-state index is 0.211. The first-order valence-electron chi connectivity index (χ1n) is 9.00. The highest BCUT2D eigenvalue weighted by Crippen LogP contribution is 2.37. The number of benzene rings is 3. The van der Waals surface area contributed by atoms with Gasteiger partial charge in [0, 0.05) is 0 Å².